The van der Waals surface area contributed by atoms with Gasteiger partial charge in [-0.05, 0) is 38.7 Å². The second-order valence-corrected chi connectivity index (χ2v) is 5.49. The van der Waals surface area contributed by atoms with E-state index in [4.69, 9.17) is 10.7 Å². The molecule has 0 aromatic carbocycles. The lowest BCUT2D eigenvalue weighted by molar-refractivity contribution is 0.360. The van der Waals surface area contributed by atoms with Gasteiger partial charge >= 0.3 is 0 Å². The van der Waals surface area contributed by atoms with Gasteiger partial charge in [-0.15, -0.1) is 0 Å². The number of nitrogens with two attached hydrogens (primary N) is 1. The van der Waals surface area contributed by atoms with Crippen molar-refractivity contribution in [2.45, 2.75) is 12.8 Å². The molecule has 2 N–H and O–H groups in total. The fourth-order valence-corrected chi connectivity index (χ4v) is 2.91. The summed E-state index contributed by atoms with van der Waals surface area (Å²) in [5, 5.41) is 0. The maximum absolute atomic E-state index is 5.79. The molecule has 0 aliphatic carbocycles. The molecule has 0 unspecified atom stereocenters. The van der Waals surface area contributed by atoms with Gasteiger partial charge in [-0.25, -0.2) is 4.98 Å². The summed E-state index contributed by atoms with van der Waals surface area (Å²) in [4.78, 5) is 9.64. The number of aromatic nitrogens is 2. The SMILES string of the molecule is CN1CCCN(c2nc3ccccn3c2CCN)CC1. The molecular formula is C15H23N5. The van der Waals surface area contributed by atoms with Gasteiger partial charge in [0.15, 0.2) is 5.82 Å². The summed E-state index contributed by atoms with van der Waals surface area (Å²) in [5.41, 5.74) is 8.05. The molecule has 1 aliphatic rings. The Labute approximate surface area is 120 Å². The van der Waals surface area contributed by atoms with E-state index in [0.717, 1.165) is 44.1 Å². The van der Waals surface area contributed by atoms with Crippen molar-refractivity contribution in [3.8, 4) is 0 Å². The maximum atomic E-state index is 5.79. The number of hydrogen-bond donors (Lipinski definition) is 1. The van der Waals surface area contributed by atoms with Gasteiger partial charge in [-0.1, -0.05) is 6.07 Å². The molecular weight excluding hydrogens is 250 g/mol. The lowest BCUT2D eigenvalue weighted by Gasteiger charge is -2.21. The van der Waals surface area contributed by atoms with Gasteiger partial charge in [0.25, 0.3) is 0 Å². The molecule has 2 aromatic heterocycles. The van der Waals surface area contributed by atoms with Crippen LogP contribution in [0, 0.1) is 0 Å². The highest BCUT2D eigenvalue weighted by atomic mass is 15.3. The fraction of sp³-hybridized carbons (Fsp3) is 0.533. The highest BCUT2D eigenvalue weighted by Crippen LogP contribution is 2.23. The number of rotatable bonds is 3. The van der Waals surface area contributed by atoms with E-state index < -0.39 is 0 Å². The fourth-order valence-electron chi connectivity index (χ4n) is 2.91. The summed E-state index contributed by atoms with van der Waals surface area (Å²) in [6.07, 6.45) is 4.14. The third-order valence-corrected chi connectivity index (χ3v) is 4.01. The molecule has 20 heavy (non-hydrogen) atoms. The van der Waals surface area contributed by atoms with E-state index in [1.165, 1.54) is 12.1 Å². The summed E-state index contributed by atoms with van der Waals surface area (Å²) in [6, 6.07) is 6.15. The van der Waals surface area contributed by atoms with Crippen LogP contribution in [0.25, 0.3) is 5.65 Å². The Hall–Kier alpha value is -1.59. The summed E-state index contributed by atoms with van der Waals surface area (Å²) in [7, 11) is 2.19. The minimum absolute atomic E-state index is 0.656. The normalized spacial score (nSPS) is 17.6. The second-order valence-electron chi connectivity index (χ2n) is 5.49. The zero-order chi connectivity index (χ0) is 13.9. The van der Waals surface area contributed by atoms with Crippen LogP contribution in [0.3, 0.4) is 0 Å². The van der Waals surface area contributed by atoms with Crippen LogP contribution in [0.4, 0.5) is 5.82 Å². The van der Waals surface area contributed by atoms with Crippen molar-refractivity contribution in [1.29, 1.82) is 0 Å². The molecule has 0 radical (unpaired) electrons. The number of fused-ring (bicyclic) bond motifs is 1. The molecule has 2 aromatic rings. The van der Waals surface area contributed by atoms with Crippen molar-refractivity contribution in [1.82, 2.24) is 14.3 Å². The van der Waals surface area contributed by atoms with Crippen LogP contribution >= 0.6 is 0 Å². The summed E-state index contributed by atoms with van der Waals surface area (Å²) >= 11 is 0. The van der Waals surface area contributed by atoms with Crippen LogP contribution in [0.5, 0.6) is 0 Å². The van der Waals surface area contributed by atoms with Gasteiger partial charge < -0.3 is 19.9 Å². The van der Waals surface area contributed by atoms with Crippen LogP contribution in [0.2, 0.25) is 0 Å². The van der Waals surface area contributed by atoms with Gasteiger partial charge in [-0.2, -0.15) is 0 Å². The zero-order valence-electron chi connectivity index (χ0n) is 12.1. The standard InChI is InChI=1S/C15H23N5/c1-18-8-4-9-19(12-11-18)15-13(6-7-16)20-10-3-2-5-14(20)17-15/h2-3,5,10H,4,6-9,11-12,16H2,1H3. The Morgan fingerprint density at radius 3 is 2.95 bits per heavy atom. The van der Waals surface area contributed by atoms with E-state index in [-0.39, 0.29) is 0 Å². The minimum Gasteiger partial charge on any atom is -0.354 e. The summed E-state index contributed by atoms with van der Waals surface area (Å²) in [5.74, 6) is 1.12. The van der Waals surface area contributed by atoms with E-state index >= 15 is 0 Å². The number of likely N-dealkylation sites (N-methyl/N-ethyl adjacent to an activating group) is 1. The number of imidazole rings is 1. The van der Waals surface area contributed by atoms with E-state index in [0.29, 0.717) is 6.54 Å². The molecule has 0 saturated carbocycles. The molecule has 0 bridgehead atoms. The molecule has 0 spiro atoms. The van der Waals surface area contributed by atoms with Crippen LogP contribution in [-0.4, -0.2) is 54.1 Å². The first-order valence-corrected chi connectivity index (χ1v) is 7.39. The van der Waals surface area contributed by atoms with Gasteiger partial charge in [0, 0.05) is 32.3 Å². The second kappa shape index (κ2) is 5.81. The predicted molar refractivity (Wildman–Crippen MR) is 82.3 cm³/mol. The minimum atomic E-state index is 0.656. The molecule has 108 valence electrons. The number of nitrogens with zero attached hydrogens (tertiary/aromatic N) is 4. The van der Waals surface area contributed by atoms with Crippen molar-refractivity contribution >= 4 is 11.5 Å². The molecule has 1 saturated heterocycles. The van der Waals surface area contributed by atoms with Crippen molar-refractivity contribution in [3.05, 3.63) is 30.1 Å². The highest BCUT2D eigenvalue weighted by molar-refractivity contribution is 5.56. The molecule has 0 atom stereocenters. The van der Waals surface area contributed by atoms with Crippen LogP contribution in [0.15, 0.2) is 24.4 Å². The first-order valence-electron chi connectivity index (χ1n) is 7.39. The molecule has 5 heteroatoms. The first-order chi connectivity index (χ1) is 9.79. The lowest BCUT2D eigenvalue weighted by atomic mass is 10.2. The van der Waals surface area contributed by atoms with Crippen molar-refractivity contribution < 1.29 is 0 Å². The number of hydrogen-bond acceptors (Lipinski definition) is 4. The smallest absolute Gasteiger partial charge is 0.151 e. The van der Waals surface area contributed by atoms with Crippen molar-refractivity contribution in [2.24, 2.45) is 5.73 Å². The Morgan fingerprint density at radius 1 is 1.20 bits per heavy atom. The third kappa shape index (κ3) is 2.51. The summed E-state index contributed by atoms with van der Waals surface area (Å²) < 4.78 is 2.18. The predicted octanol–water partition coefficient (Wildman–Crippen LogP) is 0.977. The van der Waals surface area contributed by atoms with Crippen LogP contribution < -0.4 is 10.6 Å². The zero-order valence-corrected chi connectivity index (χ0v) is 12.1. The molecule has 0 amide bonds. The average molecular weight is 273 g/mol. The van der Waals surface area contributed by atoms with Gasteiger partial charge in [0.2, 0.25) is 0 Å². The van der Waals surface area contributed by atoms with Crippen molar-refractivity contribution in [2.75, 3.05) is 44.7 Å². The van der Waals surface area contributed by atoms with E-state index in [1.54, 1.807) is 0 Å². The molecule has 1 aliphatic heterocycles. The summed E-state index contributed by atoms with van der Waals surface area (Å²) in [6.45, 7) is 5.03. The van der Waals surface area contributed by atoms with Crippen molar-refractivity contribution in [3.63, 3.8) is 0 Å². The largest absolute Gasteiger partial charge is 0.354 e. The maximum Gasteiger partial charge on any atom is 0.151 e. The van der Waals surface area contributed by atoms with E-state index in [9.17, 15) is 0 Å². The van der Waals surface area contributed by atoms with Crippen LogP contribution in [-0.2, 0) is 6.42 Å². The van der Waals surface area contributed by atoms with Gasteiger partial charge in [0.1, 0.15) is 5.65 Å². The third-order valence-electron chi connectivity index (χ3n) is 4.01. The average Bonchev–Trinajstić information content (AvgIpc) is 2.67. The molecule has 1 fully saturated rings. The molecule has 3 rings (SSSR count). The Balaban J connectivity index is 1.98. The Bertz CT molecular complexity index is 577. The molecule has 3 heterocycles. The van der Waals surface area contributed by atoms with Gasteiger partial charge in [0.05, 0.1) is 5.69 Å². The van der Waals surface area contributed by atoms with E-state index in [2.05, 4.69) is 39.6 Å². The van der Waals surface area contributed by atoms with E-state index in [1.807, 2.05) is 6.07 Å². The lowest BCUT2D eigenvalue weighted by Crippen LogP contribution is -2.30. The topological polar surface area (TPSA) is 49.8 Å². The Kier molecular flexibility index (Phi) is 3.89. The molecule has 5 nitrogen and oxygen atoms in total. The van der Waals surface area contributed by atoms with Gasteiger partial charge in [-0.3, -0.25) is 0 Å². The first kappa shape index (κ1) is 13.4. The van der Waals surface area contributed by atoms with Crippen LogP contribution in [0.1, 0.15) is 12.1 Å². The number of anilines is 1. The number of pyridine rings is 1. The quantitative estimate of drug-likeness (QED) is 0.905. The monoisotopic (exact) mass is 273 g/mol. The Morgan fingerprint density at radius 2 is 2.10 bits per heavy atom. The highest BCUT2D eigenvalue weighted by Gasteiger charge is 2.19.